The normalized spacial score (nSPS) is 11.5. The predicted octanol–water partition coefficient (Wildman–Crippen LogP) is 5.04. The molecular formula is C6H3Br2Cl2O4P. The van der Waals surface area contributed by atoms with Crippen molar-refractivity contribution in [2.75, 3.05) is 0 Å². The number of hydrogen-bond donors (Lipinski definition) is 0. The second kappa shape index (κ2) is 5.87. The Morgan fingerprint density at radius 2 is 1.80 bits per heavy atom. The second-order valence-corrected chi connectivity index (χ2v) is 6.20. The largest absolute Gasteiger partial charge is 0.563 e. The molecule has 9 heteroatoms. The lowest BCUT2D eigenvalue weighted by molar-refractivity contribution is 0.317. The maximum atomic E-state index is 11.4. The molecule has 0 saturated carbocycles. The zero-order chi connectivity index (χ0) is 11.5. The molecule has 4 nitrogen and oxygen atoms in total. The Balaban J connectivity index is 2.94. The van der Waals surface area contributed by atoms with Crippen LogP contribution in [0, 0.1) is 0 Å². The average molecular weight is 401 g/mol. The number of rotatable bonds is 4. The zero-order valence-corrected chi connectivity index (χ0v) is 12.4. The molecule has 0 aromatic heterocycles. The van der Waals surface area contributed by atoms with E-state index in [9.17, 15) is 4.57 Å². The molecule has 0 heterocycles. The summed E-state index contributed by atoms with van der Waals surface area (Å²) >= 11 is 16.3. The van der Waals surface area contributed by atoms with Crippen LogP contribution < -0.4 is 4.52 Å². The van der Waals surface area contributed by atoms with Gasteiger partial charge in [-0.15, -0.1) is 0 Å². The van der Waals surface area contributed by atoms with Crippen LogP contribution in [0.3, 0.4) is 0 Å². The number of halogens is 4. The monoisotopic (exact) mass is 398 g/mol. The van der Waals surface area contributed by atoms with E-state index >= 15 is 0 Å². The maximum absolute atomic E-state index is 11.4. The topological polar surface area (TPSA) is 44.8 Å². The zero-order valence-electron chi connectivity index (χ0n) is 6.82. The summed E-state index contributed by atoms with van der Waals surface area (Å²) in [5, 5.41) is 0. The third-order valence-corrected chi connectivity index (χ3v) is 4.16. The molecule has 0 spiro atoms. The molecule has 0 unspecified atom stereocenters. The molecule has 0 saturated heterocycles. The fraction of sp³-hybridized carbons (Fsp3) is 0. The number of phosphoric acid groups is 1. The number of benzene rings is 1. The molecule has 0 aliphatic carbocycles. The Morgan fingerprint density at radius 1 is 1.20 bits per heavy atom. The van der Waals surface area contributed by atoms with Gasteiger partial charge in [0.1, 0.15) is 5.75 Å². The summed E-state index contributed by atoms with van der Waals surface area (Å²) in [6.45, 7) is 0. The lowest BCUT2D eigenvalue weighted by atomic mass is 10.3. The van der Waals surface area contributed by atoms with Crippen LogP contribution in [0.4, 0.5) is 0 Å². The number of hydrogen-bond acceptors (Lipinski definition) is 4. The van der Waals surface area contributed by atoms with Crippen molar-refractivity contribution in [3.63, 3.8) is 0 Å². The first-order valence-electron chi connectivity index (χ1n) is 3.36. The second-order valence-electron chi connectivity index (χ2n) is 2.25. The lowest BCUT2D eigenvalue weighted by Crippen LogP contribution is -1.93. The smallest absolute Gasteiger partial charge is 0.401 e. The van der Waals surface area contributed by atoms with Crippen LogP contribution in [0.25, 0.3) is 0 Å². The van der Waals surface area contributed by atoms with Gasteiger partial charge in [0.15, 0.2) is 0 Å². The Morgan fingerprint density at radius 3 is 2.27 bits per heavy atom. The van der Waals surface area contributed by atoms with Crippen LogP contribution in [-0.2, 0) is 12.7 Å². The standard InChI is InChI=1S/C6H3Br2Cl2O4P/c7-4-1-2-6(5(8)3-4)12-15(11,13-9)14-10/h1-3H. The van der Waals surface area contributed by atoms with Crippen LogP contribution in [0.5, 0.6) is 5.75 Å². The van der Waals surface area contributed by atoms with E-state index in [0.717, 1.165) is 4.47 Å². The average Bonchev–Trinajstić information content (AvgIpc) is 2.22. The molecule has 84 valence electrons. The Hall–Kier alpha value is 0.710. The summed E-state index contributed by atoms with van der Waals surface area (Å²) in [7, 11) is -3.96. The van der Waals surface area contributed by atoms with Crippen LogP contribution in [0.15, 0.2) is 27.1 Å². The van der Waals surface area contributed by atoms with Gasteiger partial charge in [0, 0.05) is 4.47 Å². The van der Waals surface area contributed by atoms with Crippen molar-refractivity contribution in [2.24, 2.45) is 0 Å². The van der Waals surface area contributed by atoms with Gasteiger partial charge >= 0.3 is 7.82 Å². The van der Waals surface area contributed by atoms with E-state index in [1.54, 1.807) is 12.1 Å². The van der Waals surface area contributed by atoms with Gasteiger partial charge in [0.2, 0.25) is 0 Å². The van der Waals surface area contributed by atoms with Crippen LogP contribution in [-0.4, -0.2) is 0 Å². The van der Waals surface area contributed by atoms with Crippen molar-refractivity contribution in [1.82, 2.24) is 0 Å². The van der Waals surface area contributed by atoms with E-state index < -0.39 is 7.82 Å². The van der Waals surface area contributed by atoms with Gasteiger partial charge in [-0.25, -0.2) is 4.57 Å². The van der Waals surface area contributed by atoms with Gasteiger partial charge in [0.05, 0.1) is 28.2 Å². The lowest BCUT2D eigenvalue weighted by Gasteiger charge is -2.11. The van der Waals surface area contributed by atoms with Crippen molar-refractivity contribution < 1.29 is 17.2 Å². The van der Waals surface area contributed by atoms with Crippen LogP contribution in [0.1, 0.15) is 0 Å². The highest BCUT2D eigenvalue weighted by Crippen LogP contribution is 2.53. The van der Waals surface area contributed by atoms with Gasteiger partial charge in [-0.3, -0.25) is 0 Å². The molecule has 0 bridgehead atoms. The molecule has 0 fully saturated rings. The summed E-state index contributed by atoms with van der Waals surface area (Å²) in [5.41, 5.74) is 0. The SMILES string of the molecule is O=P(OCl)(OCl)Oc1ccc(Br)cc1Br. The highest BCUT2D eigenvalue weighted by molar-refractivity contribution is 9.11. The molecule has 0 radical (unpaired) electrons. The minimum atomic E-state index is -3.96. The van der Waals surface area contributed by atoms with Crippen molar-refractivity contribution in [3.8, 4) is 5.75 Å². The molecule has 1 aromatic carbocycles. The summed E-state index contributed by atoms with van der Waals surface area (Å²) < 4.78 is 25.6. The quantitative estimate of drug-likeness (QED) is 0.664. The van der Waals surface area contributed by atoms with E-state index in [4.69, 9.17) is 28.3 Å². The molecule has 0 aliphatic rings. The first-order valence-corrected chi connectivity index (χ1v) is 7.02. The molecule has 15 heavy (non-hydrogen) atoms. The highest BCUT2D eigenvalue weighted by atomic mass is 79.9. The van der Waals surface area contributed by atoms with Crippen molar-refractivity contribution in [1.29, 1.82) is 0 Å². The summed E-state index contributed by atoms with van der Waals surface area (Å²) in [6, 6.07) is 4.89. The molecule has 1 aromatic rings. The molecule has 1 rings (SSSR count). The van der Waals surface area contributed by atoms with E-state index in [-0.39, 0.29) is 5.75 Å². The maximum Gasteiger partial charge on any atom is 0.563 e. The summed E-state index contributed by atoms with van der Waals surface area (Å²) in [5.74, 6) is 0.225. The van der Waals surface area contributed by atoms with Crippen LogP contribution in [0.2, 0.25) is 0 Å². The molecule has 0 amide bonds. The van der Waals surface area contributed by atoms with Crippen molar-refractivity contribution in [2.45, 2.75) is 0 Å². The van der Waals surface area contributed by atoms with Crippen molar-refractivity contribution >= 4 is 63.4 Å². The van der Waals surface area contributed by atoms with Gasteiger partial charge in [0.25, 0.3) is 0 Å². The van der Waals surface area contributed by atoms with E-state index in [2.05, 4.69) is 40.0 Å². The highest BCUT2D eigenvalue weighted by Gasteiger charge is 2.29. The third kappa shape index (κ3) is 3.89. The van der Waals surface area contributed by atoms with Gasteiger partial charge < -0.3 is 4.52 Å². The summed E-state index contributed by atoms with van der Waals surface area (Å²) in [6.07, 6.45) is 0. The van der Waals surface area contributed by atoms with Gasteiger partial charge in [-0.05, 0) is 34.1 Å². The summed E-state index contributed by atoms with van der Waals surface area (Å²) in [4.78, 5) is 0. The third-order valence-electron chi connectivity index (χ3n) is 1.27. The minimum Gasteiger partial charge on any atom is -0.401 e. The minimum absolute atomic E-state index is 0.225. The first kappa shape index (κ1) is 13.8. The fourth-order valence-electron chi connectivity index (χ4n) is 0.709. The van der Waals surface area contributed by atoms with Gasteiger partial charge in [-0.2, -0.15) is 8.15 Å². The molecule has 0 aliphatic heterocycles. The molecule has 0 atom stereocenters. The fourth-order valence-corrected chi connectivity index (χ4v) is 2.86. The van der Waals surface area contributed by atoms with E-state index in [1.807, 2.05) is 0 Å². The van der Waals surface area contributed by atoms with Gasteiger partial charge in [-0.1, -0.05) is 15.9 Å². The predicted molar refractivity (Wildman–Crippen MR) is 64.0 cm³/mol. The Kier molecular flexibility index (Phi) is 5.39. The van der Waals surface area contributed by atoms with Crippen molar-refractivity contribution in [3.05, 3.63) is 27.1 Å². The first-order chi connectivity index (χ1) is 7.00. The van der Waals surface area contributed by atoms with E-state index in [0.29, 0.717) is 4.47 Å². The Labute approximate surface area is 113 Å². The Bertz CT molecular complexity index is 395. The molecule has 0 N–H and O–H groups in total. The molecular weight excluding hydrogens is 398 g/mol. The van der Waals surface area contributed by atoms with E-state index in [1.165, 1.54) is 6.07 Å². The van der Waals surface area contributed by atoms with Crippen LogP contribution >= 0.6 is 63.4 Å².